The third-order valence-corrected chi connectivity index (χ3v) is 3.43. The molecule has 0 fully saturated rings. The van der Waals surface area contributed by atoms with Crippen LogP contribution in [0.1, 0.15) is 40.8 Å². The van der Waals surface area contributed by atoms with E-state index in [1.165, 1.54) is 22.3 Å². The van der Waals surface area contributed by atoms with Crippen molar-refractivity contribution in [2.24, 2.45) is 0 Å². The molecule has 0 radical (unpaired) electrons. The first-order valence-corrected chi connectivity index (χ1v) is 6.89. The molecule has 0 aliphatic carbocycles. The van der Waals surface area contributed by atoms with Crippen LogP contribution in [0.4, 0.5) is 0 Å². The van der Waals surface area contributed by atoms with Crippen LogP contribution in [0.2, 0.25) is 0 Å². The summed E-state index contributed by atoms with van der Waals surface area (Å²) in [7, 11) is 0. The fourth-order valence-corrected chi connectivity index (χ4v) is 2.41. The highest BCUT2D eigenvalue weighted by Gasteiger charge is 2.05. The minimum Gasteiger partial charge on any atom is -0.306 e. The van der Waals surface area contributed by atoms with Gasteiger partial charge in [0.25, 0.3) is 0 Å². The molecule has 1 N–H and O–H groups in total. The van der Waals surface area contributed by atoms with Crippen LogP contribution in [0.15, 0.2) is 42.5 Å². The van der Waals surface area contributed by atoms with Gasteiger partial charge in [-0.05, 0) is 44.0 Å². The highest BCUT2D eigenvalue weighted by atomic mass is 14.9. The molecule has 1 unspecified atom stereocenters. The van der Waals surface area contributed by atoms with E-state index >= 15 is 0 Å². The van der Waals surface area contributed by atoms with E-state index < -0.39 is 0 Å². The third-order valence-electron chi connectivity index (χ3n) is 3.43. The van der Waals surface area contributed by atoms with Crippen LogP contribution >= 0.6 is 0 Å². The molecule has 0 amide bonds. The fourth-order valence-electron chi connectivity index (χ4n) is 2.41. The zero-order valence-electron chi connectivity index (χ0n) is 12.3. The van der Waals surface area contributed by atoms with Gasteiger partial charge < -0.3 is 5.32 Å². The zero-order chi connectivity index (χ0) is 14.5. The van der Waals surface area contributed by atoms with Gasteiger partial charge in [0.05, 0.1) is 11.6 Å². The Kier molecular flexibility index (Phi) is 4.55. The summed E-state index contributed by atoms with van der Waals surface area (Å²) in [4.78, 5) is 0. The first kappa shape index (κ1) is 14.3. The topological polar surface area (TPSA) is 35.8 Å². The largest absolute Gasteiger partial charge is 0.306 e. The molecule has 2 aromatic carbocycles. The molecular formula is C18H20N2. The van der Waals surface area contributed by atoms with Gasteiger partial charge in [0.2, 0.25) is 0 Å². The Morgan fingerprint density at radius 2 is 1.65 bits per heavy atom. The number of benzene rings is 2. The molecule has 1 atom stereocenters. The summed E-state index contributed by atoms with van der Waals surface area (Å²) in [6.45, 7) is 7.24. The lowest BCUT2D eigenvalue weighted by Gasteiger charge is -2.15. The van der Waals surface area contributed by atoms with Gasteiger partial charge in [-0.15, -0.1) is 0 Å². The monoisotopic (exact) mass is 264 g/mol. The molecule has 0 aromatic heterocycles. The van der Waals surface area contributed by atoms with Gasteiger partial charge in [-0.3, -0.25) is 0 Å². The lowest BCUT2D eigenvalue weighted by atomic mass is 10.0. The molecule has 2 heteroatoms. The SMILES string of the molecule is Cc1cc(C)cc(CNC(C)c2ccc(C#N)cc2)c1. The van der Waals surface area contributed by atoms with Gasteiger partial charge in [-0.2, -0.15) is 5.26 Å². The van der Waals surface area contributed by atoms with Crippen LogP contribution in [0.25, 0.3) is 0 Å². The molecule has 2 rings (SSSR count). The van der Waals surface area contributed by atoms with Gasteiger partial charge in [0.1, 0.15) is 0 Å². The van der Waals surface area contributed by atoms with Gasteiger partial charge in [0, 0.05) is 12.6 Å². The van der Waals surface area contributed by atoms with E-state index in [2.05, 4.69) is 50.4 Å². The van der Waals surface area contributed by atoms with Crippen molar-refractivity contribution in [2.75, 3.05) is 0 Å². The number of nitrogens with one attached hydrogen (secondary N) is 1. The molecular weight excluding hydrogens is 244 g/mol. The molecule has 0 saturated carbocycles. The first-order chi connectivity index (χ1) is 9.58. The Morgan fingerprint density at radius 3 is 2.20 bits per heavy atom. The predicted molar refractivity (Wildman–Crippen MR) is 82.3 cm³/mol. The molecule has 2 nitrogen and oxygen atoms in total. The Labute approximate surface area is 121 Å². The number of rotatable bonds is 4. The standard InChI is InChI=1S/C18H20N2/c1-13-8-14(2)10-17(9-13)12-20-15(3)18-6-4-16(11-19)5-7-18/h4-10,15,20H,12H2,1-3H3. The predicted octanol–water partition coefficient (Wildman–Crippen LogP) is 4.03. The van der Waals surface area contributed by atoms with Crippen molar-refractivity contribution >= 4 is 0 Å². The lowest BCUT2D eigenvalue weighted by molar-refractivity contribution is 0.574. The second kappa shape index (κ2) is 6.36. The van der Waals surface area contributed by atoms with Crippen molar-refractivity contribution in [1.29, 1.82) is 5.26 Å². The van der Waals surface area contributed by atoms with E-state index in [1.54, 1.807) is 0 Å². The third kappa shape index (κ3) is 3.69. The summed E-state index contributed by atoms with van der Waals surface area (Å²) < 4.78 is 0. The summed E-state index contributed by atoms with van der Waals surface area (Å²) >= 11 is 0. The molecule has 0 aliphatic heterocycles. The Hall–Kier alpha value is -2.11. The van der Waals surface area contributed by atoms with Crippen LogP contribution in [0.3, 0.4) is 0 Å². The number of hydrogen-bond acceptors (Lipinski definition) is 2. The van der Waals surface area contributed by atoms with Gasteiger partial charge in [-0.25, -0.2) is 0 Å². The van der Waals surface area contributed by atoms with Crippen LogP contribution < -0.4 is 5.32 Å². The average Bonchev–Trinajstić information content (AvgIpc) is 2.44. The smallest absolute Gasteiger partial charge is 0.0991 e. The van der Waals surface area contributed by atoms with Crippen molar-refractivity contribution in [1.82, 2.24) is 5.32 Å². The maximum absolute atomic E-state index is 8.81. The van der Waals surface area contributed by atoms with E-state index in [9.17, 15) is 0 Å². The molecule has 0 bridgehead atoms. The van der Waals surface area contributed by atoms with Crippen molar-refractivity contribution in [2.45, 2.75) is 33.4 Å². The molecule has 20 heavy (non-hydrogen) atoms. The molecule has 0 spiro atoms. The van der Waals surface area contributed by atoms with Crippen LogP contribution in [-0.2, 0) is 6.54 Å². The summed E-state index contributed by atoms with van der Waals surface area (Å²) in [6.07, 6.45) is 0. The Morgan fingerprint density at radius 1 is 1.05 bits per heavy atom. The minimum atomic E-state index is 0.267. The normalized spacial score (nSPS) is 11.9. The summed E-state index contributed by atoms with van der Waals surface area (Å²) in [5, 5.41) is 12.3. The maximum atomic E-state index is 8.81. The van der Waals surface area contributed by atoms with E-state index in [4.69, 9.17) is 5.26 Å². The number of nitrogens with zero attached hydrogens (tertiary/aromatic N) is 1. The first-order valence-electron chi connectivity index (χ1n) is 6.89. The van der Waals surface area contributed by atoms with Gasteiger partial charge >= 0.3 is 0 Å². The van der Waals surface area contributed by atoms with Crippen molar-refractivity contribution in [3.63, 3.8) is 0 Å². The molecule has 0 aliphatic rings. The second-order valence-electron chi connectivity index (χ2n) is 5.33. The second-order valence-corrected chi connectivity index (χ2v) is 5.33. The lowest BCUT2D eigenvalue weighted by Crippen LogP contribution is -2.18. The quantitative estimate of drug-likeness (QED) is 0.905. The Balaban J connectivity index is 2.00. The van der Waals surface area contributed by atoms with Gasteiger partial charge in [0.15, 0.2) is 0 Å². The molecule has 0 saturated heterocycles. The van der Waals surface area contributed by atoms with E-state index in [0.29, 0.717) is 5.56 Å². The van der Waals surface area contributed by atoms with Crippen molar-refractivity contribution < 1.29 is 0 Å². The zero-order valence-corrected chi connectivity index (χ0v) is 12.3. The fraction of sp³-hybridized carbons (Fsp3) is 0.278. The van der Waals surface area contributed by atoms with Crippen LogP contribution in [0, 0.1) is 25.2 Å². The summed E-state index contributed by atoms with van der Waals surface area (Å²) in [5.74, 6) is 0. The molecule has 2 aromatic rings. The number of aryl methyl sites for hydroxylation is 2. The Bertz CT molecular complexity index is 601. The highest BCUT2D eigenvalue weighted by Crippen LogP contribution is 2.15. The van der Waals surface area contributed by atoms with E-state index in [0.717, 1.165) is 6.54 Å². The number of nitriles is 1. The van der Waals surface area contributed by atoms with E-state index in [1.807, 2.05) is 24.3 Å². The van der Waals surface area contributed by atoms with Crippen molar-refractivity contribution in [3.8, 4) is 6.07 Å². The summed E-state index contributed by atoms with van der Waals surface area (Å²) in [6, 6.07) is 16.8. The van der Waals surface area contributed by atoms with Gasteiger partial charge in [-0.1, -0.05) is 41.5 Å². The van der Waals surface area contributed by atoms with Crippen LogP contribution in [0.5, 0.6) is 0 Å². The van der Waals surface area contributed by atoms with Crippen LogP contribution in [-0.4, -0.2) is 0 Å². The number of hydrogen-bond donors (Lipinski definition) is 1. The average molecular weight is 264 g/mol. The van der Waals surface area contributed by atoms with E-state index in [-0.39, 0.29) is 6.04 Å². The maximum Gasteiger partial charge on any atom is 0.0991 e. The highest BCUT2D eigenvalue weighted by molar-refractivity contribution is 5.33. The minimum absolute atomic E-state index is 0.267. The van der Waals surface area contributed by atoms with Crippen molar-refractivity contribution in [3.05, 3.63) is 70.3 Å². The summed E-state index contributed by atoms with van der Waals surface area (Å²) in [5.41, 5.74) is 5.81. The molecule has 102 valence electrons. The molecule has 0 heterocycles.